The van der Waals surface area contributed by atoms with E-state index in [4.69, 9.17) is 10.5 Å². The molecule has 82 valence electrons. The van der Waals surface area contributed by atoms with E-state index in [1.807, 2.05) is 11.4 Å². The normalized spacial score (nSPS) is 24.6. The third-order valence-corrected chi connectivity index (χ3v) is 3.74. The lowest BCUT2D eigenvalue weighted by atomic mass is 9.92. The Labute approximate surface area is 92.4 Å². The maximum absolute atomic E-state index is 10.8. The molecule has 0 fully saturated rings. The van der Waals surface area contributed by atoms with Gasteiger partial charge in [0.05, 0.1) is 12.1 Å². The van der Waals surface area contributed by atoms with Crippen molar-refractivity contribution in [1.29, 1.82) is 0 Å². The third-order valence-electron chi connectivity index (χ3n) is 2.71. The highest BCUT2D eigenvalue weighted by Crippen LogP contribution is 2.40. The van der Waals surface area contributed by atoms with Crippen LogP contribution < -0.4 is 11.1 Å². The Morgan fingerprint density at radius 3 is 3.13 bits per heavy atom. The molecule has 15 heavy (non-hydrogen) atoms. The van der Waals surface area contributed by atoms with Gasteiger partial charge in [0.15, 0.2) is 0 Å². The number of fused-ring (bicyclic) bond motifs is 1. The van der Waals surface area contributed by atoms with E-state index >= 15 is 0 Å². The van der Waals surface area contributed by atoms with Gasteiger partial charge in [-0.15, -0.1) is 11.3 Å². The summed E-state index contributed by atoms with van der Waals surface area (Å²) in [5, 5.41) is 4.78. The van der Waals surface area contributed by atoms with E-state index in [9.17, 15) is 4.79 Å². The number of urea groups is 1. The highest BCUT2D eigenvalue weighted by Gasteiger charge is 2.28. The predicted octanol–water partition coefficient (Wildman–Crippen LogP) is 1.94. The van der Waals surface area contributed by atoms with Crippen LogP contribution in [-0.4, -0.2) is 13.1 Å². The number of methoxy groups -OCH3 is 1. The molecule has 0 saturated heterocycles. The van der Waals surface area contributed by atoms with Gasteiger partial charge in [-0.1, -0.05) is 0 Å². The standard InChI is InChI=1S/C10H14N2O2S/c1-14-8-3-2-7(12-10(11)13)6-4-5-15-9(6)8/h4-5,7-8H,2-3H2,1H3,(H3,11,12,13)/t7-,8-/m1/s1. The summed E-state index contributed by atoms with van der Waals surface area (Å²) >= 11 is 1.67. The van der Waals surface area contributed by atoms with E-state index in [0.29, 0.717) is 0 Å². The summed E-state index contributed by atoms with van der Waals surface area (Å²) in [7, 11) is 1.72. The van der Waals surface area contributed by atoms with E-state index < -0.39 is 6.03 Å². The second-order valence-electron chi connectivity index (χ2n) is 3.60. The molecule has 2 atom stereocenters. The Balaban J connectivity index is 2.23. The number of primary amides is 1. The molecular weight excluding hydrogens is 212 g/mol. The van der Waals surface area contributed by atoms with Crippen molar-refractivity contribution in [3.63, 3.8) is 0 Å². The van der Waals surface area contributed by atoms with Gasteiger partial charge in [0, 0.05) is 12.0 Å². The second kappa shape index (κ2) is 4.20. The summed E-state index contributed by atoms with van der Waals surface area (Å²) in [6.45, 7) is 0. The largest absolute Gasteiger partial charge is 0.376 e. The van der Waals surface area contributed by atoms with Gasteiger partial charge in [-0.25, -0.2) is 4.79 Å². The number of rotatable bonds is 2. The van der Waals surface area contributed by atoms with Gasteiger partial charge in [0.25, 0.3) is 0 Å². The Bertz CT molecular complexity index is 364. The highest BCUT2D eigenvalue weighted by molar-refractivity contribution is 7.10. The molecule has 0 aliphatic heterocycles. The van der Waals surface area contributed by atoms with Gasteiger partial charge in [0.2, 0.25) is 0 Å². The first-order chi connectivity index (χ1) is 7.22. The van der Waals surface area contributed by atoms with E-state index in [1.165, 1.54) is 4.88 Å². The van der Waals surface area contributed by atoms with Gasteiger partial charge in [-0.05, 0) is 29.9 Å². The van der Waals surface area contributed by atoms with Crippen LogP contribution in [0.4, 0.5) is 4.79 Å². The Hall–Kier alpha value is -1.07. The lowest BCUT2D eigenvalue weighted by Crippen LogP contribution is -2.35. The van der Waals surface area contributed by atoms with Crippen LogP contribution in [0.5, 0.6) is 0 Å². The Morgan fingerprint density at radius 2 is 2.47 bits per heavy atom. The topological polar surface area (TPSA) is 64.3 Å². The summed E-state index contributed by atoms with van der Waals surface area (Å²) in [6.07, 6.45) is 1.98. The van der Waals surface area contributed by atoms with Crippen LogP contribution in [0.25, 0.3) is 0 Å². The van der Waals surface area contributed by atoms with Crippen LogP contribution in [0.2, 0.25) is 0 Å². The molecule has 4 nitrogen and oxygen atoms in total. The first-order valence-electron chi connectivity index (χ1n) is 4.88. The Morgan fingerprint density at radius 1 is 1.67 bits per heavy atom. The summed E-state index contributed by atoms with van der Waals surface area (Å²) in [5.41, 5.74) is 6.29. The van der Waals surface area contributed by atoms with Crippen molar-refractivity contribution in [3.8, 4) is 0 Å². The zero-order chi connectivity index (χ0) is 10.8. The van der Waals surface area contributed by atoms with Crippen molar-refractivity contribution >= 4 is 17.4 Å². The van der Waals surface area contributed by atoms with Crippen LogP contribution in [0.3, 0.4) is 0 Å². The third kappa shape index (κ3) is 1.98. The van der Waals surface area contributed by atoms with E-state index in [0.717, 1.165) is 18.4 Å². The molecule has 0 radical (unpaired) electrons. The molecular formula is C10H14N2O2S. The van der Waals surface area contributed by atoms with Gasteiger partial charge in [-0.3, -0.25) is 0 Å². The van der Waals surface area contributed by atoms with Crippen molar-refractivity contribution in [1.82, 2.24) is 5.32 Å². The fourth-order valence-electron chi connectivity index (χ4n) is 2.03. The number of hydrogen-bond donors (Lipinski definition) is 2. The molecule has 1 aliphatic rings. The van der Waals surface area contributed by atoms with Gasteiger partial charge >= 0.3 is 6.03 Å². The van der Waals surface area contributed by atoms with E-state index in [2.05, 4.69) is 5.32 Å². The number of nitrogens with two attached hydrogens (primary N) is 1. The minimum absolute atomic E-state index is 0.0511. The Kier molecular flexibility index (Phi) is 2.93. The quantitative estimate of drug-likeness (QED) is 0.809. The molecule has 0 bridgehead atoms. The molecule has 1 aromatic rings. The number of thiophene rings is 1. The molecule has 1 heterocycles. The number of carbonyl (C=O) groups is 1. The fourth-order valence-corrected chi connectivity index (χ4v) is 3.11. The van der Waals surface area contributed by atoms with Crippen molar-refractivity contribution in [2.24, 2.45) is 5.73 Å². The minimum Gasteiger partial charge on any atom is -0.376 e. The first-order valence-corrected chi connectivity index (χ1v) is 5.76. The van der Waals surface area contributed by atoms with Crippen LogP contribution in [0.15, 0.2) is 11.4 Å². The first kappa shape index (κ1) is 10.4. The van der Waals surface area contributed by atoms with Crippen LogP contribution >= 0.6 is 11.3 Å². The average Bonchev–Trinajstić information content (AvgIpc) is 2.66. The highest BCUT2D eigenvalue weighted by atomic mass is 32.1. The number of nitrogens with one attached hydrogen (secondary N) is 1. The zero-order valence-corrected chi connectivity index (χ0v) is 9.34. The summed E-state index contributed by atoms with van der Waals surface area (Å²) in [5.74, 6) is 0. The van der Waals surface area contributed by atoms with Gasteiger partial charge in [0.1, 0.15) is 0 Å². The molecule has 2 amide bonds. The van der Waals surface area contributed by atoms with E-state index in [1.54, 1.807) is 18.4 Å². The number of hydrogen-bond acceptors (Lipinski definition) is 3. The SMILES string of the molecule is CO[C@@H]1CC[C@@H](NC(N)=O)c2ccsc21. The van der Waals surface area contributed by atoms with E-state index in [-0.39, 0.29) is 12.1 Å². The monoisotopic (exact) mass is 226 g/mol. The van der Waals surface area contributed by atoms with Crippen molar-refractivity contribution in [2.75, 3.05) is 7.11 Å². The summed E-state index contributed by atoms with van der Waals surface area (Å²) in [6, 6.07) is 1.62. The maximum atomic E-state index is 10.8. The van der Waals surface area contributed by atoms with Crippen molar-refractivity contribution < 1.29 is 9.53 Å². The molecule has 0 spiro atoms. The van der Waals surface area contributed by atoms with Crippen molar-refractivity contribution in [2.45, 2.75) is 25.0 Å². The molecule has 0 unspecified atom stereocenters. The lowest BCUT2D eigenvalue weighted by Gasteiger charge is -2.28. The molecule has 2 rings (SSSR count). The summed E-state index contributed by atoms with van der Waals surface area (Å²) in [4.78, 5) is 12.0. The van der Waals surface area contributed by atoms with Crippen molar-refractivity contribution in [3.05, 3.63) is 21.9 Å². The smallest absolute Gasteiger partial charge is 0.312 e. The maximum Gasteiger partial charge on any atom is 0.312 e. The second-order valence-corrected chi connectivity index (χ2v) is 4.55. The van der Waals surface area contributed by atoms with Crippen LogP contribution in [0, 0.1) is 0 Å². The fraction of sp³-hybridized carbons (Fsp3) is 0.500. The summed E-state index contributed by atoms with van der Waals surface area (Å²) < 4.78 is 5.40. The lowest BCUT2D eigenvalue weighted by molar-refractivity contribution is 0.0861. The molecule has 5 heteroatoms. The number of ether oxygens (including phenoxy) is 1. The molecule has 3 N–H and O–H groups in total. The number of amides is 2. The molecule has 0 aromatic carbocycles. The number of carbonyl (C=O) groups excluding carboxylic acids is 1. The van der Waals surface area contributed by atoms with Gasteiger partial charge in [-0.2, -0.15) is 0 Å². The molecule has 1 aliphatic carbocycles. The van der Waals surface area contributed by atoms with Crippen LogP contribution in [-0.2, 0) is 4.74 Å². The predicted molar refractivity (Wildman–Crippen MR) is 58.8 cm³/mol. The zero-order valence-electron chi connectivity index (χ0n) is 8.53. The average molecular weight is 226 g/mol. The van der Waals surface area contributed by atoms with Gasteiger partial charge < -0.3 is 15.8 Å². The minimum atomic E-state index is -0.465. The molecule has 1 aromatic heterocycles. The van der Waals surface area contributed by atoms with Crippen LogP contribution in [0.1, 0.15) is 35.4 Å². The molecule has 0 saturated carbocycles.